The third kappa shape index (κ3) is 2.39. The van der Waals surface area contributed by atoms with Gasteiger partial charge < -0.3 is 15.2 Å². The standard InChI is InChI=1S/C15H17NO2S/c17-11-15(16-10-12-4-3-9-19-12)7-8-18-14-6-2-1-5-13(14)15/h1-6,9,16-17H,7-8,10-11H2/t15-/m1/s1. The van der Waals surface area contributed by atoms with Crippen LogP contribution in [-0.4, -0.2) is 18.3 Å². The minimum absolute atomic E-state index is 0.0821. The fourth-order valence-corrected chi connectivity index (χ4v) is 3.18. The topological polar surface area (TPSA) is 41.5 Å². The Labute approximate surface area is 116 Å². The summed E-state index contributed by atoms with van der Waals surface area (Å²) in [6, 6.07) is 12.1. The van der Waals surface area contributed by atoms with Gasteiger partial charge >= 0.3 is 0 Å². The number of para-hydroxylation sites is 1. The number of hydrogen-bond donors (Lipinski definition) is 2. The van der Waals surface area contributed by atoms with Gasteiger partial charge in [0, 0.05) is 23.4 Å². The Kier molecular flexibility index (Phi) is 3.55. The number of aliphatic hydroxyl groups excluding tert-OH is 1. The second kappa shape index (κ2) is 5.33. The molecule has 3 rings (SSSR count). The molecular weight excluding hydrogens is 258 g/mol. The summed E-state index contributed by atoms with van der Waals surface area (Å²) in [5.41, 5.74) is 0.666. The van der Waals surface area contributed by atoms with Gasteiger partial charge in [-0.3, -0.25) is 0 Å². The van der Waals surface area contributed by atoms with Crippen LogP contribution in [0.1, 0.15) is 16.9 Å². The monoisotopic (exact) mass is 275 g/mol. The number of benzene rings is 1. The lowest BCUT2D eigenvalue weighted by Crippen LogP contribution is -2.48. The molecule has 0 aliphatic carbocycles. The summed E-state index contributed by atoms with van der Waals surface area (Å²) in [5, 5.41) is 15.5. The van der Waals surface area contributed by atoms with Crippen LogP contribution in [0.5, 0.6) is 5.75 Å². The number of hydrogen-bond acceptors (Lipinski definition) is 4. The number of aliphatic hydroxyl groups is 1. The third-order valence-corrected chi connectivity index (χ3v) is 4.52. The summed E-state index contributed by atoms with van der Waals surface area (Å²) in [6.45, 7) is 1.49. The van der Waals surface area contributed by atoms with Crippen molar-refractivity contribution in [3.8, 4) is 5.75 Å². The summed E-state index contributed by atoms with van der Waals surface area (Å²) in [4.78, 5) is 1.27. The van der Waals surface area contributed by atoms with Crippen molar-refractivity contribution in [1.82, 2.24) is 5.32 Å². The zero-order chi connectivity index (χ0) is 13.1. The molecule has 0 amide bonds. The van der Waals surface area contributed by atoms with E-state index in [1.54, 1.807) is 11.3 Å². The van der Waals surface area contributed by atoms with Crippen molar-refractivity contribution in [3.05, 3.63) is 52.2 Å². The van der Waals surface area contributed by atoms with Gasteiger partial charge in [0.2, 0.25) is 0 Å². The molecule has 4 heteroatoms. The van der Waals surface area contributed by atoms with Gasteiger partial charge in [0.25, 0.3) is 0 Å². The van der Waals surface area contributed by atoms with Crippen LogP contribution in [0.3, 0.4) is 0 Å². The van der Waals surface area contributed by atoms with Gasteiger partial charge in [-0.1, -0.05) is 24.3 Å². The van der Waals surface area contributed by atoms with Crippen LogP contribution in [0, 0.1) is 0 Å². The van der Waals surface area contributed by atoms with Crippen molar-refractivity contribution in [1.29, 1.82) is 0 Å². The molecule has 2 N–H and O–H groups in total. The van der Waals surface area contributed by atoms with Crippen LogP contribution < -0.4 is 10.1 Å². The average Bonchev–Trinajstić information content (AvgIpc) is 2.98. The van der Waals surface area contributed by atoms with Gasteiger partial charge in [-0.25, -0.2) is 0 Å². The molecule has 0 saturated carbocycles. The highest BCUT2D eigenvalue weighted by molar-refractivity contribution is 7.09. The number of thiophene rings is 1. The molecular formula is C15H17NO2S. The first kappa shape index (κ1) is 12.7. The van der Waals surface area contributed by atoms with Gasteiger partial charge in [-0.2, -0.15) is 0 Å². The van der Waals surface area contributed by atoms with E-state index < -0.39 is 5.54 Å². The van der Waals surface area contributed by atoms with Crippen LogP contribution in [0.2, 0.25) is 0 Å². The SMILES string of the molecule is OC[C@]1(NCc2cccs2)CCOc2ccccc21. The first-order valence-electron chi connectivity index (χ1n) is 6.45. The van der Waals surface area contributed by atoms with Crippen LogP contribution in [0.25, 0.3) is 0 Å². The van der Waals surface area contributed by atoms with Crippen LogP contribution in [0.4, 0.5) is 0 Å². The quantitative estimate of drug-likeness (QED) is 0.901. The Hall–Kier alpha value is -1.36. The van der Waals surface area contributed by atoms with E-state index in [9.17, 15) is 5.11 Å². The van der Waals surface area contributed by atoms with Gasteiger partial charge in [-0.05, 0) is 17.5 Å². The Morgan fingerprint density at radius 1 is 1.26 bits per heavy atom. The highest BCUT2D eigenvalue weighted by atomic mass is 32.1. The van der Waals surface area contributed by atoms with Crippen LogP contribution >= 0.6 is 11.3 Å². The molecule has 0 bridgehead atoms. The van der Waals surface area contributed by atoms with E-state index in [2.05, 4.69) is 16.8 Å². The highest BCUT2D eigenvalue weighted by Gasteiger charge is 2.36. The largest absolute Gasteiger partial charge is 0.493 e. The fraction of sp³-hybridized carbons (Fsp3) is 0.333. The van der Waals surface area contributed by atoms with Gasteiger partial charge in [0.1, 0.15) is 5.75 Å². The number of ether oxygens (including phenoxy) is 1. The molecule has 0 saturated heterocycles. The van der Waals surface area contributed by atoms with Crippen molar-refractivity contribution in [2.45, 2.75) is 18.5 Å². The molecule has 1 aliphatic heterocycles. The average molecular weight is 275 g/mol. The normalized spacial score (nSPS) is 21.7. The maximum Gasteiger partial charge on any atom is 0.124 e. The molecule has 1 atom stereocenters. The van der Waals surface area contributed by atoms with Crippen molar-refractivity contribution in [2.75, 3.05) is 13.2 Å². The maximum atomic E-state index is 9.90. The van der Waals surface area contributed by atoms with E-state index in [4.69, 9.17) is 4.74 Å². The summed E-state index contributed by atoms with van der Waals surface area (Å²) >= 11 is 1.73. The Morgan fingerprint density at radius 3 is 2.95 bits per heavy atom. The molecule has 1 aromatic heterocycles. The molecule has 1 aliphatic rings. The molecule has 2 heterocycles. The predicted octanol–water partition coefficient (Wildman–Crippen LogP) is 2.51. The van der Waals surface area contributed by atoms with E-state index in [0.29, 0.717) is 6.61 Å². The Balaban J connectivity index is 1.87. The smallest absolute Gasteiger partial charge is 0.124 e. The van der Waals surface area contributed by atoms with Gasteiger partial charge in [0.05, 0.1) is 18.8 Å². The van der Waals surface area contributed by atoms with E-state index >= 15 is 0 Å². The summed E-state index contributed by atoms with van der Waals surface area (Å²) in [7, 11) is 0. The fourth-order valence-electron chi connectivity index (χ4n) is 2.53. The van der Waals surface area contributed by atoms with Crippen LogP contribution in [-0.2, 0) is 12.1 Å². The van der Waals surface area contributed by atoms with E-state index in [1.165, 1.54) is 4.88 Å². The summed E-state index contributed by atoms with van der Waals surface area (Å²) < 4.78 is 5.67. The van der Waals surface area contributed by atoms with E-state index in [1.807, 2.05) is 30.3 Å². The number of fused-ring (bicyclic) bond motifs is 1. The highest BCUT2D eigenvalue weighted by Crippen LogP contribution is 2.36. The second-order valence-electron chi connectivity index (χ2n) is 4.77. The summed E-state index contributed by atoms with van der Waals surface area (Å²) in [6.07, 6.45) is 0.784. The minimum Gasteiger partial charge on any atom is -0.493 e. The number of rotatable bonds is 4. The molecule has 0 unspecified atom stereocenters. The lowest BCUT2D eigenvalue weighted by Gasteiger charge is -2.38. The molecule has 0 fully saturated rings. The molecule has 3 nitrogen and oxygen atoms in total. The lowest BCUT2D eigenvalue weighted by molar-refractivity contribution is 0.106. The van der Waals surface area contributed by atoms with Gasteiger partial charge in [-0.15, -0.1) is 11.3 Å². The third-order valence-electron chi connectivity index (χ3n) is 3.64. The lowest BCUT2D eigenvalue weighted by atomic mass is 9.85. The second-order valence-corrected chi connectivity index (χ2v) is 5.80. The van der Waals surface area contributed by atoms with Gasteiger partial charge in [0.15, 0.2) is 0 Å². The molecule has 1 aromatic carbocycles. The molecule has 0 radical (unpaired) electrons. The first-order chi connectivity index (χ1) is 9.34. The first-order valence-corrected chi connectivity index (χ1v) is 7.33. The molecule has 2 aromatic rings. The van der Waals surface area contributed by atoms with Crippen molar-refractivity contribution >= 4 is 11.3 Å². The zero-order valence-electron chi connectivity index (χ0n) is 10.6. The Bertz CT molecular complexity index is 541. The zero-order valence-corrected chi connectivity index (χ0v) is 11.5. The molecule has 100 valence electrons. The molecule has 0 spiro atoms. The van der Waals surface area contributed by atoms with E-state index in [0.717, 1.165) is 24.3 Å². The van der Waals surface area contributed by atoms with Crippen molar-refractivity contribution in [3.63, 3.8) is 0 Å². The van der Waals surface area contributed by atoms with E-state index in [-0.39, 0.29) is 6.61 Å². The van der Waals surface area contributed by atoms with Crippen LogP contribution in [0.15, 0.2) is 41.8 Å². The summed E-state index contributed by atoms with van der Waals surface area (Å²) in [5.74, 6) is 0.876. The maximum absolute atomic E-state index is 9.90. The van der Waals surface area contributed by atoms with Crippen molar-refractivity contribution in [2.24, 2.45) is 0 Å². The number of nitrogens with one attached hydrogen (secondary N) is 1. The molecule has 19 heavy (non-hydrogen) atoms. The Morgan fingerprint density at radius 2 is 2.16 bits per heavy atom. The van der Waals surface area contributed by atoms with Crippen molar-refractivity contribution < 1.29 is 9.84 Å². The predicted molar refractivity (Wildman–Crippen MR) is 76.5 cm³/mol. The minimum atomic E-state index is -0.390.